The maximum absolute atomic E-state index is 12.5. The molecule has 28 heavy (non-hydrogen) atoms. The smallest absolute Gasteiger partial charge is 0.238 e. The molecule has 2 N–H and O–H groups in total. The van der Waals surface area contributed by atoms with Gasteiger partial charge in [0.2, 0.25) is 11.8 Å². The fourth-order valence-corrected chi connectivity index (χ4v) is 4.79. The van der Waals surface area contributed by atoms with Crippen LogP contribution in [-0.4, -0.2) is 71.9 Å². The summed E-state index contributed by atoms with van der Waals surface area (Å²) < 4.78 is 0. The van der Waals surface area contributed by atoms with Gasteiger partial charge in [0.25, 0.3) is 0 Å². The van der Waals surface area contributed by atoms with Crippen LogP contribution in [-0.2, 0) is 16.1 Å². The molecule has 0 radical (unpaired) electrons. The molecule has 1 aromatic carbocycles. The van der Waals surface area contributed by atoms with E-state index in [-0.39, 0.29) is 17.9 Å². The minimum atomic E-state index is 0.00832. The first-order valence-corrected chi connectivity index (χ1v) is 11.5. The minimum Gasteiger partial charge on any atom is -0.352 e. The molecule has 0 saturated carbocycles. The van der Waals surface area contributed by atoms with E-state index in [1.54, 1.807) is 0 Å². The Morgan fingerprint density at radius 1 is 1.14 bits per heavy atom. The Bertz CT molecular complexity index is 664. The molecule has 0 bridgehead atoms. The van der Waals surface area contributed by atoms with Gasteiger partial charge in [0.05, 0.1) is 6.54 Å². The second-order valence-electron chi connectivity index (χ2n) is 7.63. The van der Waals surface area contributed by atoms with E-state index in [0.29, 0.717) is 13.0 Å². The van der Waals surface area contributed by atoms with E-state index in [2.05, 4.69) is 32.6 Å². The molecule has 2 aliphatic heterocycles. The van der Waals surface area contributed by atoms with E-state index in [9.17, 15) is 9.59 Å². The lowest BCUT2D eigenvalue weighted by Crippen LogP contribution is -2.49. The third-order valence-corrected chi connectivity index (χ3v) is 6.22. The number of thioether (sulfide) groups is 1. The quantitative estimate of drug-likeness (QED) is 0.729. The van der Waals surface area contributed by atoms with E-state index in [1.165, 1.54) is 17.1 Å². The fraction of sp³-hybridized carbons (Fsp3) is 0.619. The highest BCUT2D eigenvalue weighted by molar-refractivity contribution is 7.99. The van der Waals surface area contributed by atoms with Crippen molar-refractivity contribution in [2.24, 2.45) is 0 Å². The zero-order chi connectivity index (χ0) is 19.8. The molecule has 7 heteroatoms. The molecule has 6 nitrogen and oxygen atoms in total. The van der Waals surface area contributed by atoms with Crippen molar-refractivity contribution in [3.63, 3.8) is 0 Å². The highest BCUT2D eigenvalue weighted by Crippen LogP contribution is 2.16. The number of benzene rings is 1. The highest BCUT2D eigenvalue weighted by Gasteiger charge is 2.22. The molecule has 2 saturated heterocycles. The maximum Gasteiger partial charge on any atom is 0.238 e. The summed E-state index contributed by atoms with van der Waals surface area (Å²) in [7, 11) is 0. The summed E-state index contributed by atoms with van der Waals surface area (Å²) in [5, 5.41) is 6.09. The molecule has 3 rings (SSSR count). The van der Waals surface area contributed by atoms with Crippen LogP contribution in [0.15, 0.2) is 24.3 Å². The third kappa shape index (κ3) is 6.79. The van der Waals surface area contributed by atoms with Crippen LogP contribution in [0.25, 0.3) is 0 Å². The Kier molecular flexibility index (Phi) is 8.18. The van der Waals surface area contributed by atoms with Crippen molar-refractivity contribution >= 4 is 29.3 Å². The summed E-state index contributed by atoms with van der Waals surface area (Å²) in [4.78, 5) is 28.7. The second kappa shape index (κ2) is 10.8. The van der Waals surface area contributed by atoms with Crippen LogP contribution >= 0.6 is 11.8 Å². The van der Waals surface area contributed by atoms with E-state index in [4.69, 9.17) is 0 Å². The lowest BCUT2D eigenvalue weighted by Gasteiger charge is -2.32. The molecule has 2 aliphatic rings. The molecule has 0 aliphatic carbocycles. The van der Waals surface area contributed by atoms with E-state index >= 15 is 0 Å². The first-order chi connectivity index (χ1) is 13.6. The van der Waals surface area contributed by atoms with Crippen molar-refractivity contribution in [3.05, 3.63) is 29.8 Å². The Morgan fingerprint density at radius 2 is 1.96 bits per heavy atom. The van der Waals surface area contributed by atoms with Crippen molar-refractivity contribution in [1.82, 2.24) is 15.1 Å². The summed E-state index contributed by atoms with van der Waals surface area (Å²) in [5.74, 6) is 2.49. The molecule has 2 amide bonds. The summed E-state index contributed by atoms with van der Waals surface area (Å²) in [6, 6.07) is 8.33. The van der Waals surface area contributed by atoms with Gasteiger partial charge >= 0.3 is 0 Å². The Labute approximate surface area is 172 Å². The molecule has 0 spiro atoms. The molecule has 1 aromatic rings. The molecule has 0 aromatic heterocycles. The number of anilines is 1. The fourth-order valence-electron chi connectivity index (χ4n) is 3.82. The van der Waals surface area contributed by atoms with Crippen molar-refractivity contribution < 1.29 is 9.59 Å². The molecule has 1 unspecified atom stereocenters. The van der Waals surface area contributed by atoms with E-state index in [0.717, 1.165) is 51.3 Å². The molecular weight excluding hydrogens is 372 g/mol. The lowest BCUT2D eigenvalue weighted by molar-refractivity contribution is -0.121. The summed E-state index contributed by atoms with van der Waals surface area (Å²) >= 11 is 2.02. The SMILES string of the molecule is CCC(=O)NC1CCCN(CC(=O)Nc2cccc(CN3CCSCC3)c2)C1. The van der Waals surface area contributed by atoms with Gasteiger partial charge in [-0.1, -0.05) is 19.1 Å². The number of hydrogen-bond donors (Lipinski definition) is 2. The zero-order valence-electron chi connectivity index (χ0n) is 16.8. The van der Waals surface area contributed by atoms with Gasteiger partial charge in [0.15, 0.2) is 0 Å². The summed E-state index contributed by atoms with van der Waals surface area (Å²) in [5.41, 5.74) is 2.10. The predicted octanol–water partition coefficient (Wildman–Crippen LogP) is 2.16. The number of hydrogen-bond acceptors (Lipinski definition) is 5. The monoisotopic (exact) mass is 404 g/mol. The number of nitrogens with one attached hydrogen (secondary N) is 2. The van der Waals surface area contributed by atoms with Crippen LogP contribution in [0.5, 0.6) is 0 Å². The third-order valence-electron chi connectivity index (χ3n) is 5.28. The van der Waals surface area contributed by atoms with Gasteiger partial charge in [0, 0.05) is 55.8 Å². The zero-order valence-corrected chi connectivity index (χ0v) is 17.6. The van der Waals surface area contributed by atoms with Gasteiger partial charge < -0.3 is 10.6 Å². The van der Waals surface area contributed by atoms with Crippen LogP contribution in [0.2, 0.25) is 0 Å². The van der Waals surface area contributed by atoms with Crippen molar-refractivity contribution in [2.75, 3.05) is 49.5 Å². The Balaban J connectivity index is 1.47. The number of carbonyl (C=O) groups is 2. The van der Waals surface area contributed by atoms with Gasteiger partial charge in [-0.3, -0.25) is 19.4 Å². The molecular formula is C21H32N4O2S. The topological polar surface area (TPSA) is 64.7 Å². The highest BCUT2D eigenvalue weighted by atomic mass is 32.2. The molecule has 154 valence electrons. The first-order valence-electron chi connectivity index (χ1n) is 10.3. The van der Waals surface area contributed by atoms with Crippen LogP contribution in [0.3, 0.4) is 0 Å². The average molecular weight is 405 g/mol. The van der Waals surface area contributed by atoms with Crippen LogP contribution in [0, 0.1) is 0 Å². The normalized spacial score (nSPS) is 21.2. The van der Waals surface area contributed by atoms with Gasteiger partial charge in [0.1, 0.15) is 0 Å². The van der Waals surface area contributed by atoms with Crippen molar-refractivity contribution in [2.45, 2.75) is 38.8 Å². The van der Waals surface area contributed by atoms with Crippen molar-refractivity contribution in [3.8, 4) is 0 Å². The summed E-state index contributed by atoms with van der Waals surface area (Å²) in [6.45, 7) is 7.08. The lowest BCUT2D eigenvalue weighted by atomic mass is 10.1. The Morgan fingerprint density at radius 3 is 2.75 bits per heavy atom. The molecule has 2 heterocycles. The molecule has 1 atom stereocenters. The van der Waals surface area contributed by atoms with E-state index < -0.39 is 0 Å². The largest absolute Gasteiger partial charge is 0.352 e. The summed E-state index contributed by atoms with van der Waals surface area (Å²) in [6.07, 6.45) is 2.50. The number of piperidine rings is 1. The van der Waals surface area contributed by atoms with Gasteiger partial charge in [-0.2, -0.15) is 11.8 Å². The number of nitrogens with zero attached hydrogens (tertiary/aromatic N) is 2. The Hall–Kier alpha value is -1.57. The van der Waals surface area contributed by atoms with E-state index in [1.807, 2.05) is 30.8 Å². The number of amides is 2. The maximum atomic E-state index is 12.5. The van der Waals surface area contributed by atoms with Crippen LogP contribution < -0.4 is 10.6 Å². The number of likely N-dealkylation sites (tertiary alicyclic amines) is 1. The molecule has 2 fully saturated rings. The van der Waals surface area contributed by atoms with Gasteiger partial charge in [-0.25, -0.2) is 0 Å². The van der Waals surface area contributed by atoms with Crippen molar-refractivity contribution in [1.29, 1.82) is 0 Å². The number of rotatable bonds is 7. The number of carbonyl (C=O) groups excluding carboxylic acids is 2. The van der Waals surface area contributed by atoms with Crippen LogP contribution in [0.1, 0.15) is 31.7 Å². The van der Waals surface area contributed by atoms with Gasteiger partial charge in [-0.15, -0.1) is 0 Å². The predicted molar refractivity (Wildman–Crippen MR) is 116 cm³/mol. The van der Waals surface area contributed by atoms with Crippen LogP contribution in [0.4, 0.5) is 5.69 Å². The first kappa shape index (κ1) is 21.1. The second-order valence-corrected chi connectivity index (χ2v) is 8.86. The minimum absolute atomic E-state index is 0.00832. The standard InChI is InChI=1S/C21H32N4O2S/c1-2-20(26)23-19-7-4-8-25(15-19)16-21(27)22-18-6-3-5-17(13-18)14-24-9-11-28-12-10-24/h3,5-6,13,19H,2,4,7-12,14-16H2,1H3,(H,22,27)(H,23,26). The average Bonchev–Trinajstić information content (AvgIpc) is 2.69. The van der Waals surface area contributed by atoms with Gasteiger partial charge in [-0.05, 0) is 37.1 Å².